The maximum Gasteiger partial charge on any atom is 0.253 e. The number of imidazole rings is 1. The summed E-state index contributed by atoms with van der Waals surface area (Å²) in [4.78, 5) is 33.9. The maximum absolute atomic E-state index is 13.2. The van der Waals surface area contributed by atoms with Gasteiger partial charge in [-0.1, -0.05) is 0 Å². The summed E-state index contributed by atoms with van der Waals surface area (Å²) in [6.45, 7) is 1.52. The molecule has 1 N–H and O–H groups in total. The van der Waals surface area contributed by atoms with Crippen LogP contribution in [0.2, 0.25) is 0 Å². The highest BCUT2D eigenvalue weighted by Gasteiger charge is 2.45. The number of hydrogen-bond acceptors (Lipinski definition) is 5. The van der Waals surface area contributed by atoms with E-state index in [4.69, 9.17) is 4.98 Å². The van der Waals surface area contributed by atoms with Crippen molar-refractivity contribution < 1.29 is 4.79 Å². The second-order valence-corrected chi connectivity index (χ2v) is 8.18. The molecule has 28 heavy (non-hydrogen) atoms. The molecule has 144 valence electrons. The highest BCUT2D eigenvalue weighted by molar-refractivity contribution is 5.97. The van der Waals surface area contributed by atoms with E-state index in [-0.39, 0.29) is 11.3 Å². The summed E-state index contributed by atoms with van der Waals surface area (Å²) in [5.74, 6) is 0.832. The topological polar surface area (TPSA) is 78.0 Å². The van der Waals surface area contributed by atoms with Crippen LogP contribution in [0.15, 0.2) is 30.7 Å². The molecular weight excluding hydrogens is 352 g/mol. The smallest absolute Gasteiger partial charge is 0.253 e. The van der Waals surface area contributed by atoms with Crippen molar-refractivity contribution in [2.45, 2.75) is 31.1 Å². The van der Waals surface area contributed by atoms with Gasteiger partial charge in [-0.3, -0.25) is 4.79 Å². The fraction of sp³-hybridized carbons (Fsp3) is 0.429. The molecule has 7 nitrogen and oxygen atoms in total. The largest absolute Gasteiger partial charge is 0.347 e. The summed E-state index contributed by atoms with van der Waals surface area (Å²) in [7, 11) is 3.93. The summed E-state index contributed by atoms with van der Waals surface area (Å²) >= 11 is 0. The van der Waals surface area contributed by atoms with E-state index < -0.39 is 0 Å². The standard InChI is InChI=1S/C21H24N6O/c1-26(2)20-22-11-15-6-8-21(18(15)25-20)7-3-9-27(12-21)19(28)14-4-5-16-17(10-14)24-13-23-16/h4-5,10-11,13H,3,6-9,12H2,1-2H3,(H,23,24). The van der Waals surface area contributed by atoms with Crippen LogP contribution >= 0.6 is 0 Å². The van der Waals surface area contributed by atoms with Crippen LogP contribution < -0.4 is 4.90 Å². The van der Waals surface area contributed by atoms with Crippen LogP contribution in [0.4, 0.5) is 5.95 Å². The molecule has 1 amide bonds. The zero-order valence-corrected chi connectivity index (χ0v) is 16.3. The van der Waals surface area contributed by atoms with E-state index in [0.29, 0.717) is 5.56 Å². The third-order valence-electron chi connectivity index (χ3n) is 6.16. The van der Waals surface area contributed by atoms with Gasteiger partial charge in [-0.2, -0.15) is 0 Å². The summed E-state index contributed by atoms with van der Waals surface area (Å²) < 4.78 is 0. The molecule has 3 aromatic rings. The van der Waals surface area contributed by atoms with E-state index in [1.807, 2.05) is 48.3 Å². The number of rotatable bonds is 2. The van der Waals surface area contributed by atoms with Gasteiger partial charge >= 0.3 is 0 Å². The van der Waals surface area contributed by atoms with Gasteiger partial charge in [0.25, 0.3) is 5.91 Å². The minimum Gasteiger partial charge on any atom is -0.347 e. The Bertz CT molecular complexity index is 1050. The van der Waals surface area contributed by atoms with Gasteiger partial charge in [-0.05, 0) is 49.4 Å². The lowest BCUT2D eigenvalue weighted by molar-refractivity contribution is 0.0633. The Balaban J connectivity index is 1.46. The molecule has 2 aromatic heterocycles. The number of carbonyl (C=O) groups excluding carboxylic acids is 1. The Morgan fingerprint density at radius 1 is 1.25 bits per heavy atom. The second kappa shape index (κ2) is 6.29. The summed E-state index contributed by atoms with van der Waals surface area (Å²) in [6, 6.07) is 5.68. The quantitative estimate of drug-likeness (QED) is 0.744. The van der Waals surface area contributed by atoms with Crippen molar-refractivity contribution in [2.24, 2.45) is 0 Å². The van der Waals surface area contributed by atoms with Crippen molar-refractivity contribution in [3.8, 4) is 0 Å². The first kappa shape index (κ1) is 17.2. The number of fused-ring (bicyclic) bond motifs is 3. The molecule has 1 saturated heterocycles. The molecule has 1 atom stereocenters. The molecule has 1 aliphatic carbocycles. The van der Waals surface area contributed by atoms with E-state index in [2.05, 4.69) is 15.0 Å². The van der Waals surface area contributed by atoms with Crippen molar-refractivity contribution in [3.05, 3.63) is 47.5 Å². The number of aryl methyl sites for hydroxylation is 1. The summed E-state index contributed by atoms with van der Waals surface area (Å²) in [5.41, 5.74) is 4.82. The van der Waals surface area contributed by atoms with Gasteiger partial charge in [-0.25, -0.2) is 15.0 Å². The summed E-state index contributed by atoms with van der Waals surface area (Å²) in [6.07, 6.45) is 7.74. The third kappa shape index (κ3) is 2.65. The predicted molar refractivity (Wildman–Crippen MR) is 108 cm³/mol. The number of anilines is 1. The van der Waals surface area contributed by atoms with E-state index >= 15 is 0 Å². The first-order valence-corrected chi connectivity index (χ1v) is 9.82. The molecule has 0 radical (unpaired) electrons. The van der Waals surface area contributed by atoms with E-state index in [9.17, 15) is 4.79 Å². The Morgan fingerprint density at radius 3 is 3.00 bits per heavy atom. The normalized spacial score (nSPS) is 21.3. The predicted octanol–water partition coefficient (Wildman–Crippen LogP) is 2.54. The van der Waals surface area contributed by atoms with Crippen molar-refractivity contribution in [3.63, 3.8) is 0 Å². The highest BCUT2D eigenvalue weighted by atomic mass is 16.2. The number of benzene rings is 1. The molecule has 2 aliphatic rings. The molecule has 3 heterocycles. The number of aromatic nitrogens is 4. The van der Waals surface area contributed by atoms with Crippen LogP contribution in [-0.4, -0.2) is 57.9 Å². The molecule has 0 saturated carbocycles. The first-order chi connectivity index (χ1) is 13.6. The molecule has 1 spiro atoms. The molecule has 1 aliphatic heterocycles. The number of likely N-dealkylation sites (tertiary alicyclic amines) is 1. The Morgan fingerprint density at radius 2 is 2.14 bits per heavy atom. The number of amides is 1. The lowest BCUT2D eigenvalue weighted by atomic mass is 9.77. The van der Waals surface area contributed by atoms with Crippen LogP contribution in [0.25, 0.3) is 11.0 Å². The van der Waals surface area contributed by atoms with Gasteiger partial charge in [0, 0.05) is 44.4 Å². The Labute approximate surface area is 163 Å². The van der Waals surface area contributed by atoms with E-state index in [1.54, 1.807) is 6.33 Å². The van der Waals surface area contributed by atoms with Crippen molar-refractivity contribution in [1.82, 2.24) is 24.8 Å². The van der Waals surface area contributed by atoms with Crippen LogP contribution in [0.5, 0.6) is 0 Å². The lowest BCUT2D eigenvalue weighted by Crippen LogP contribution is -2.48. The SMILES string of the molecule is CN(C)c1ncc2c(n1)C1(CCCN(C(=O)c3ccc4nc[nH]c4c3)C1)CC2. The molecule has 1 fully saturated rings. The fourth-order valence-electron chi connectivity index (χ4n) is 4.70. The van der Waals surface area contributed by atoms with Crippen LogP contribution in [0, 0.1) is 0 Å². The summed E-state index contributed by atoms with van der Waals surface area (Å²) in [5, 5.41) is 0. The third-order valence-corrected chi connectivity index (χ3v) is 6.16. The average molecular weight is 376 g/mol. The minimum atomic E-state index is -0.0466. The number of piperidine rings is 1. The maximum atomic E-state index is 13.2. The van der Waals surface area contributed by atoms with Crippen LogP contribution in [0.3, 0.4) is 0 Å². The molecule has 1 unspecified atom stereocenters. The van der Waals surface area contributed by atoms with Crippen molar-refractivity contribution >= 4 is 22.9 Å². The number of nitrogens with one attached hydrogen (secondary N) is 1. The molecular formula is C21H24N6O. The Hall–Kier alpha value is -2.96. The number of nitrogens with zero attached hydrogens (tertiary/aromatic N) is 5. The molecule has 7 heteroatoms. The molecule has 0 bridgehead atoms. The van der Waals surface area contributed by atoms with E-state index in [1.165, 1.54) is 5.56 Å². The fourth-order valence-corrected chi connectivity index (χ4v) is 4.70. The highest BCUT2D eigenvalue weighted by Crippen LogP contribution is 2.44. The van der Waals surface area contributed by atoms with Crippen LogP contribution in [0.1, 0.15) is 40.9 Å². The number of aromatic amines is 1. The first-order valence-electron chi connectivity index (χ1n) is 9.82. The minimum absolute atomic E-state index is 0.0466. The number of H-pyrrole nitrogens is 1. The zero-order chi connectivity index (χ0) is 19.3. The number of hydrogen-bond donors (Lipinski definition) is 1. The zero-order valence-electron chi connectivity index (χ0n) is 16.3. The second-order valence-electron chi connectivity index (χ2n) is 8.18. The van der Waals surface area contributed by atoms with Gasteiger partial charge < -0.3 is 14.8 Å². The van der Waals surface area contributed by atoms with Gasteiger partial charge in [0.15, 0.2) is 0 Å². The van der Waals surface area contributed by atoms with Crippen molar-refractivity contribution in [2.75, 3.05) is 32.1 Å². The van der Waals surface area contributed by atoms with Crippen molar-refractivity contribution in [1.29, 1.82) is 0 Å². The average Bonchev–Trinajstić information content (AvgIpc) is 3.32. The van der Waals surface area contributed by atoms with Gasteiger partial charge in [0.2, 0.25) is 5.95 Å². The molecule has 1 aromatic carbocycles. The monoisotopic (exact) mass is 376 g/mol. The van der Waals surface area contributed by atoms with Gasteiger partial charge in [0.1, 0.15) is 0 Å². The van der Waals surface area contributed by atoms with Gasteiger partial charge in [0.05, 0.1) is 23.1 Å². The number of carbonyl (C=O) groups is 1. The van der Waals surface area contributed by atoms with Crippen LogP contribution in [-0.2, 0) is 11.8 Å². The lowest BCUT2D eigenvalue weighted by Gasteiger charge is -2.40. The Kier molecular flexibility index (Phi) is 3.86. The van der Waals surface area contributed by atoms with E-state index in [0.717, 1.165) is 61.4 Å². The van der Waals surface area contributed by atoms with Gasteiger partial charge in [-0.15, -0.1) is 0 Å². The molecule has 5 rings (SSSR count).